The van der Waals surface area contributed by atoms with E-state index in [0.717, 1.165) is 92.6 Å². The summed E-state index contributed by atoms with van der Waals surface area (Å²) in [5.74, 6) is 0. The fraction of sp³-hybridized carbons (Fsp3) is 0.600. The van der Waals surface area contributed by atoms with E-state index in [9.17, 15) is 0 Å². The highest BCUT2D eigenvalue weighted by Gasteiger charge is 2.23. The lowest BCUT2D eigenvalue weighted by Gasteiger charge is -2.31. The molecule has 0 aliphatic heterocycles. The first-order chi connectivity index (χ1) is 29.3. The molecule has 5 rings (SSSR count). The summed E-state index contributed by atoms with van der Waals surface area (Å²) in [6.07, 6.45) is 0. The second-order valence-corrected chi connectivity index (χ2v) is 19.9. The van der Waals surface area contributed by atoms with E-state index in [1.165, 1.54) is 65.3 Å². The summed E-state index contributed by atoms with van der Waals surface area (Å²) < 4.78 is 0. The molecule has 0 radical (unpaired) electrons. The quantitative estimate of drug-likeness (QED) is 0.0380. The first-order valence-electron chi connectivity index (χ1n) is 22.7. The van der Waals surface area contributed by atoms with Crippen molar-refractivity contribution < 1.29 is 0 Å². The summed E-state index contributed by atoms with van der Waals surface area (Å²) in [6, 6.07) is 19.9. The zero-order chi connectivity index (χ0) is 45.4. The second kappa shape index (κ2) is 22.7. The molecule has 0 bridgehead atoms. The highest BCUT2D eigenvalue weighted by molar-refractivity contribution is 6.33. The van der Waals surface area contributed by atoms with E-state index in [1.54, 1.807) is 0 Å². The molecule has 62 heavy (non-hydrogen) atoms. The van der Waals surface area contributed by atoms with E-state index in [0.29, 0.717) is 0 Å². The van der Waals surface area contributed by atoms with Gasteiger partial charge in [-0.2, -0.15) is 0 Å². The van der Waals surface area contributed by atoms with Gasteiger partial charge in [-0.15, -0.1) is 0 Å². The van der Waals surface area contributed by atoms with Gasteiger partial charge in [-0.25, -0.2) is 0 Å². The lowest BCUT2D eigenvalue weighted by atomic mass is 9.85. The second-order valence-electron chi connectivity index (χ2n) is 19.9. The molecule has 0 atom stereocenters. The van der Waals surface area contributed by atoms with Crippen LogP contribution in [-0.4, -0.2) is 224 Å². The van der Waals surface area contributed by atoms with Crippen LogP contribution in [0.1, 0.15) is 36.1 Å². The van der Waals surface area contributed by atoms with Crippen LogP contribution in [0.5, 0.6) is 0 Å². The van der Waals surface area contributed by atoms with Gasteiger partial charge < -0.3 is 0 Å². The monoisotopic (exact) mass is 853 g/mol. The van der Waals surface area contributed by atoms with E-state index in [4.69, 9.17) is 0 Å². The highest BCUT2D eigenvalue weighted by atomic mass is 15.4. The van der Waals surface area contributed by atoms with Crippen molar-refractivity contribution in [3.8, 4) is 0 Å². The maximum atomic E-state index is 2.58. The molecule has 0 saturated carbocycles. The summed E-state index contributed by atoms with van der Waals surface area (Å²) in [5.41, 5.74) is 5.50. The van der Waals surface area contributed by atoms with E-state index in [2.05, 4.69) is 220 Å². The van der Waals surface area contributed by atoms with Crippen LogP contribution in [0.3, 0.4) is 0 Å². The van der Waals surface area contributed by atoms with Crippen molar-refractivity contribution in [3.05, 3.63) is 70.8 Å². The molecule has 5 aromatic carbocycles. The molecule has 0 aliphatic rings. The molecular weight excluding hydrogens is 769 g/mol. The largest absolute Gasteiger partial charge is 0.297 e. The van der Waals surface area contributed by atoms with E-state index in [-0.39, 0.29) is 0 Å². The van der Waals surface area contributed by atoms with Crippen molar-refractivity contribution >= 4 is 43.1 Å². The molecule has 0 aromatic heterocycles. The van der Waals surface area contributed by atoms with Gasteiger partial charge in [0.1, 0.15) is 0 Å². The lowest BCUT2D eigenvalue weighted by Crippen LogP contribution is -2.40. The van der Waals surface area contributed by atoms with Crippen molar-refractivity contribution in [2.24, 2.45) is 0 Å². The molecule has 0 N–H and O–H groups in total. The number of rotatable bonds is 26. The number of fused-ring (bicyclic) bond motifs is 2. The Morgan fingerprint density at radius 1 is 0.306 bits per heavy atom. The first-order valence-corrected chi connectivity index (χ1v) is 22.7. The minimum Gasteiger partial charge on any atom is -0.297 e. The molecule has 5 aromatic rings. The van der Waals surface area contributed by atoms with Crippen LogP contribution in [-0.2, 0) is 26.2 Å². The fourth-order valence-electron chi connectivity index (χ4n) is 9.40. The summed E-state index contributed by atoms with van der Waals surface area (Å²) >= 11 is 0. The van der Waals surface area contributed by atoms with Gasteiger partial charge in [0.2, 0.25) is 0 Å². The molecule has 0 unspecified atom stereocenters. The van der Waals surface area contributed by atoms with Crippen LogP contribution >= 0.6 is 0 Å². The van der Waals surface area contributed by atoms with Crippen molar-refractivity contribution in [3.63, 3.8) is 0 Å². The molecule has 12 heteroatoms. The van der Waals surface area contributed by atoms with E-state index < -0.39 is 0 Å². The van der Waals surface area contributed by atoms with Crippen molar-refractivity contribution in [2.45, 2.75) is 40.0 Å². The Balaban J connectivity index is 1.86. The van der Waals surface area contributed by atoms with Crippen molar-refractivity contribution in [2.75, 3.05) is 165 Å². The molecule has 344 valence electrons. The fourth-order valence-corrected chi connectivity index (χ4v) is 9.40. The Hall–Kier alpha value is -3.08. The van der Waals surface area contributed by atoms with Crippen LogP contribution in [0.2, 0.25) is 0 Å². The molecule has 0 spiro atoms. The third-order valence-corrected chi connectivity index (χ3v) is 11.6. The van der Waals surface area contributed by atoms with Crippen molar-refractivity contribution in [1.29, 1.82) is 0 Å². The van der Waals surface area contributed by atoms with Gasteiger partial charge in [-0.3, -0.25) is 58.8 Å². The third-order valence-electron chi connectivity index (χ3n) is 11.6. The minimum atomic E-state index is 0.864. The summed E-state index contributed by atoms with van der Waals surface area (Å²) in [6.45, 7) is 17.1. The van der Waals surface area contributed by atoms with Crippen LogP contribution in [0.15, 0.2) is 48.5 Å². The Morgan fingerprint density at radius 2 is 0.581 bits per heavy atom. The average molecular weight is 853 g/mol. The molecule has 0 aliphatic carbocycles. The normalized spacial score (nSPS) is 13.2. The number of benzene rings is 5. The number of hydrogen-bond acceptors (Lipinski definition) is 12. The summed E-state index contributed by atoms with van der Waals surface area (Å²) in [4.78, 5) is 28.8. The van der Waals surface area contributed by atoms with Gasteiger partial charge in [0.05, 0.1) is 53.3 Å². The van der Waals surface area contributed by atoms with Gasteiger partial charge in [0, 0.05) is 26.2 Å². The van der Waals surface area contributed by atoms with Crippen molar-refractivity contribution in [1.82, 2.24) is 58.8 Å². The predicted molar refractivity (Wildman–Crippen MR) is 267 cm³/mol. The SMILES string of the molecule is CCN(C)CN(Cc1cc2c(CN(CN(C)C)CN(C)C)ccc3c4ccc(CN(CN(C)C)CN(C)CC)c5cc(CN(CN(C)C)CN(C)C)cc(c(c1)c23)c54)CN(C)C. The summed E-state index contributed by atoms with van der Waals surface area (Å²) in [5, 5.41) is 11.0. The predicted octanol–water partition coefficient (Wildman–Crippen LogP) is 5.88. The zero-order valence-corrected chi connectivity index (χ0v) is 41.9. The van der Waals surface area contributed by atoms with E-state index >= 15 is 0 Å². The van der Waals surface area contributed by atoms with Gasteiger partial charge in [0.15, 0.2) is 0 Å². The van der Waals surface area contributed by atoms with Gasteiger partial charge in [-0.05, 0) is 201 Å². The maximum Gasteiger partial charge on any atom is 0.0518 e. The van der Waals surface area contributed by atoms with Gasteiger partial charge >= 0.3 is 0 Å². The van der Waals surface area contributed by atoms with Crippen LogP contribution < -0.4 is 0 Å². The number of hydrogen-bond donors (Lipinski definition) is 0. The molecule has 0 amide bonds. The highest BCUT2D eigenvalue weighted by Crippen LogP contribution is 2.44. The first kappa shape index (κ1) is 49.9. The minimum absolute atomic E-state index is 0.864. The van der Waals surface area contributed by atoms with E-state index in [1.807, 2.05) is 0 Å². The molecule has 0 fully saturated rings. The third kappa shape index (κ3) is 13.5. The Labute approximate surface area is 376 Å². The number of nitrogens with zero attached hydrogens (tertiary/aromatic N) is 12. The lowest BCUT2D eigenvalue weighted by molar-refractivity contribution is 0.101. The zero-order valence-electron chi connectivity index (χ0n) is 41.9. The van der Waals surface area contributed by atoms with Crippen LogP contribution in [0.25, 0.3) is 43.1 Å². The standard InChI is InChI=1S/C50H84N12/c1-17-57(15)37-60(33-53(7)8)28-40-24-45-41(29-61(34-54(9)10)35-55(11)12)19-21-43-44-22-20-42(30-62(36-56(13)14)38-58(16)18-2)46-23-39(27-59(31-51(3)4)32-52(5)6)25-47(50(44)46)48(26-40)49(43)45/h19-26H,17-18,27-38H2,1-16H3. The van der Waals surface area contributed by atoms with Crippen LogP contribution in [0.4, 0.5) is 0 Å². The average Bonchev–Trinajstić information content (AvgIpc) is 3.16. The Kier molecular flexibility index (Phi) is 18.3. The summed E-state index contributed by atoms with van der Waals surface area (Å²) in [7, 11) is 30.6. The molecule has 0 heterocycles. The molecular formula is C50H84N12. The smallest absolute Gasteiger partial charge is 0.0518 e. The van der Waals surface area contributed by atoms with Gasteiger partial charge in [0.25, 0.3) is 0 Å². The molecule has 12 nitrogen and oxygen atoms in total. The maximum absolute atomic E-state index is 2.58. The Morgan fingerprint density at radius 3 is 0.887 bits per heavy atom. The topological polar surface area (TPSA) is 38.9 Å². The Bertz CT molecular complexity index is 2130. The van der Waals surface area contributed by atoms with Gasteiger partial charge in [-0.1, -0.05) is 38.1 Å². The molecule has 0 saturated heterocycles. The van der Waals surface area contributed by atoms with Crippen LogP contribution in [0, 0.1) is 0 Å².